The first-order valence-electron chi connectivity index (χ1n) is 11.8. The molecule has 0 aliphatic heterocycles. The summed E-state index contributed by atoms with van der Waals surface area (Å²) in [6.07, 6.45) is 13.2. The number of rotatable bonds is 4. The predicted molar refractivity (Wildman–Crippen MR) is 148 cm³/mol. The lowest BCUT2D eigenvalue weighted by molar-refractivity contribution is 0.504. The molecule has 0 aromatic heterocycles. The van der Waals surface area contributed by atoms with E-state index in [4.69, 9.17) is 0 Å². The van der Waals surface area contributed by atoms with Crippen LogP contribution in [0.15, 0.2) is 79.9 Å². The third kappa shape index (κ3) is 8.37. The summed E-state index contributed by atoms with van der Waals surface area (Å²) < 4.78 is 0. The van der Waals surface area contributed by atoms with Crippen molar-refractivity contribution in [3.63, 3.8) is 0 Å². The summed E-state index contributed by atoms with van der Waals surface area (Å²) in [5.41, 5.74) is 9.61. The fourth-order valence-corrected chi connectivity index (χ4v) is 2.85. The molecule has 0 atom stereocenters. The SMILES string of the molecule is CC.CN=C1C(/C(C)=C/C=C(\C)C(C)(C)C)=CC=C(/C(C)=C/C=C(\C)C(C)(C)C)C1=NC. The van der Waals surface area contributed by atoms with Gasteiger partial charge in [0.1, 0.15) is 0 Å². The summed E-state index contributed by atoms with van der Waals surface area (Å²) in [5.74, 6) is 0. The molecule has 0 spiro atoms. The van der Waals surface area contributed by atoms with Crippen LogP contribution in [0.4, 0.5) is 0 Å². The molecule has 2 heteroatoms. The van der Waals surface area contributed by atoms with Crippen molar-refractivity contribution < 1.29 is 0 Å². The minimum absolute atomic E-state index is 0.170. The molecule has 0 amide bonds. The second kappa shape index (κ2) is 12.7. The molecule has 0 unspecified atom stereocenters. The lowest BCUT2D eigenvalue weighted by atomic mass is 9.84. The Hall–Kier alpha value is -2.22. The van der Waals surface area contributed by atoms with E-state index in [0.717, 1.165) is 22.6 Å². The maximum Gasteiger partial charge on any atom is 0.0903 e. The minimum atomic E-state index is 0.170. The molecule has 0 aromatic carbocycles. The number of allylic oxidation sites excluding steroid dienone is 12. The molecule has 2 nitrogen and oxygen atoms in total. The van der Waals surface area contributed by atoms with Crippen molar-refractivity contribution in [3.8, 4) is 0 Å². The molecule has 0 saturated carbocycles. The zero-order chi connectivity index (χ0) is 25.3. The highest BCUT2D eigenvalue weighted by molar-refractivity contribution is 6.56. The van der Waals surface area contributed by atoms with Crippen LogP contribution < -0.4 is 0 Å². The summed E-state index contributed by atoms with van der Waals surface area (Å²) in [5, 5.41) is 0. The molecule has 0 radical (unpaired) electrons. The maximum atomic E-state index is 4.62. The highest BCUT2D eigenvalue weighted by Crippen LogP contribution is 2.28. The van der Waals surface area contributed by atoms with Crippen molar-refractivity contribution in [1.82, 2.24) is 0 Å². The smallest absolute Gasteiger partial charge is 0.0903 e. The van der Waals surface area contributed by atoms with Gasteiger partial charge in [-0.05, 0) is 49.7 Å². The molecule has 0 N–H and O–H groups in total. The van der Waals surface area contributed by atoms with Crippen molar-refractivity contribution >= 4 is 11.4 Å². The van der Waals surface area contributed by atoms with E-state index in [-0.39, 0.29) is 10.8 Å². The summed E-state index contributed by atoms with van der Waals surface area (Å²) in [6.45, 7) is 26.1. The van der Waals surface area contributed by atoms with E-state index < -0.39 is 0 Å². The topological polar surface area (TPSA) is 24.7 Å². The van der Waals surface area contributed by atoms with E-state index in [1.807, 2.05) is 27.9 Å². The molecule has 1 rings (SSSR count). The van der Waals surface area contributed by atoms with Crippen molar-refractivity contribution in [2.24, 2.45) is 20.8 Å². The highest BCUT2D eigenvalue weighted by atomic mass is 14.8. The third-order valence-electron chi connectivity index (χ3n) is 5.98. The summed E-state index contributed by atoms with van der Waals surface area (Å²) in [4.78, 5) is 9.24. The average Bonchev–Trinajstić information content (AvgIpc) is 2.73. The summed E-state index contributed by atoms with van der Waals surface area (Å²) >= 11 is 0. The van der Waals surface area contributed by atoms with Crippen molar-refractivity contribution in [1.29, 1.82) is 0 Å². The Bertz CT molecular complexity index is 817. The Morgan fingerprint density at radius 1 is 0.594 bits per heavy atom. The minimum Gasteiger partial charge on any atom is -0.286 e. The van der Waals surface area contributed by atoms with Crippen LogP contribution in [0.1, 0.15) is 83.1 Å². The largest absolute Gasteiger partial charge is 0.286 e. The lowest BCUT2D eigenvalue weighted by Gasteiger charge is -2.22. The van der Waals surface area contributed by atoms with Gasteiger partial charge in [0.15, 0.2) is 0 Å². The van der Waals surface area contributed by atoms with Crippen molar-refractivity contribution in [2.75, 3.05) is 14.1 Å². The van der Waals surface area contributed by atoms with Gasteiger partial charge >= 0.3 is 0 Å². The standard InChI is InChI=1S/C28H42N2.C2H6/c1-19(13-15-21(3)27(5,6)7)23-17-18-24(26(30-12)25(23)29-11)20(2)14-16-22(4)28(8,9)10;1-2/h13-18H,1-12H3;1-2H3/b19-13+,20-14+,21-15+,22-16+,29-25?,30-26?;. The first-order chi connectivity index (χ1) is 14.7. The zero-order valence-electron chi connectivity index (χ0n) is 23.4. The Labute approximate surface area is 199 Å². The van der Waals surface area contributed by atoms with Gasteiger partial charge in [0.05, 0.1) is 11.4 Å². The molecule has 0 heterocycles. The quantitative estimate of drug-likeness (QED) is 0.310. The molecular weight excluding hydrogens is 388 g/mol. The number of hydrogen-bond acceptors (Lipinski definition) is 2. The molecule has 0 saturated heterocycles. The predicted octanol–water partition coefficient (Wildman–Crippen LogP) is 8.90. The van der Waals surface area contributed by atoms with E-state index in [1.165, 1.54) is 22.3 Å². The lowest BCUT2D eigenvalue weighted by Crippen LogP contribution is -2.23. The monoisotopic (exact) mass is 436 g/mol. The Kier molecular flexibility index (Phi) is 11.8. The molecule has 0 fully saturated rings. The summed E-state index contributed by atoms with van der Waals surface area (Å²) in [6, 6.07) is 0. The highest BCUT2D eigenvalue weighted by Gasteiger charge is 2.22. The van der Waals surface area contributed by atoms with Crippen LogP contribution in [0.2, 0.25) is 0 Å². The number of hydrogen-bond donors (Lipinski definition) is 0. The van der Waals surface area contributed by atoms with E-state index in [0.29, 0.717) is 0 Å². The fourth-order valence-electron chi connectivity index (χ4n) is 2.85. The van der Waals surface area contributed by atoms with Gasteiger partial charge in [0.2, 0.25) is 0 Å². The van der Waals surface area contributed by atoms with Gasteiger partial charge in [0, 0.05) is 25.2 Å². The number of aliphatic imine (C=N–C) groups is 2. The van der Waals surface area contributed by atoms with Crippen molar-refractivity contribution in [2.45, 2.75) is 83.1 Å². The van der Waals surface area contributed by atoms with Crippen molar-refractivity contribution in [3.05, 3.63) is 69.9 Å². The number of nitrogens with zero attached hydrogens (tertiary/aromatic N) is 2. The molecule has 32 heavy (non-hydrogen) atoms. The van der Waals surface area contributed by atoms with Gasteiger partial charge in [-0.25, -0.2) is 0 Å². The van der Waals surface area contributed by atoms with Crippen LogP contribution in [-0.4, -0.2) is 25.5 Å². The van der Waals surface area contributed by atoms with E-state index >= 15 is 0 Å². The molecule has 1 aliphatic rings. The van der Waals surface area contributed by atoms with Crippen LogP contribution in [0.3, 0.4) is 0 Å². The fraction of sp³-hybridized carbons (Fsp3) is 0.533. The zero-order valence-corrected chi connectivity index (χ0v) is 23.4. The van der Waals surface area contributed by atoms with Gasteiger partial charge < -0.3 is 0 Å². The normalized spacial score (nSPS) is 19.6. The van der Waals surface area contributed by atoms with Crippen LogP contribution in [0.25, 0.3) is 0 Å². The average molecular weight is 437 g/mol. The molecular formula is C30H48N2. The van der Waals surface area contributed by atoms with Gasteiger partial charge in [0.25, 0.3) is 0 Å². The van der Waals surface area contributed by atoms with E-state index in [1.54, 1.807) is 0 Å². The van der Waals surface area contributed by atoms with Crippen LogP contribution in [-0.2, 0) is 0 Å². The van der Waals surface area contributed by atoms with Crippen LogP contribution >= 0.6 is 0 Å². The summed E-state index contributed by atoms with van der Waals surface area (Å²) in [7, 11) is 3.70. The van der Waals surface area contributed by atoms with Crippen LogP contribution in [0, 0.1) is 10.8 Å². The second-order valence-electron chi connectivity index (χ2n) is 10.2. The molecule has 178 valence electrons. The van der Waals surface area contributed by atoms with Gasteiger partial charge in [-0.3, -0.25) is 9.98 Å². The van der Waals surface area contributed by atoms with Gasteiger partial charge in [-0.15, -0.1) is 0 Å². The molecule has 0 aromatic rings. The molecule has 1 aliphatic carbocycles. The maximum absolute atomic E-state index is 4.62. The Morgan fingerprint density at radius 2 is 0.875 bits per heavy atom. The first kappa shape index (κ1) is 29.8. The van der Waals surface area contributed by atoms with Crippen LogP contribution in [0.5, 0.6) is 0 Å². The van der Waals surface area contributed by atoms with Gasteiger partial charge in [-0.1, -0.05) is 103 Å². The second-order valence-corrected chi connectivity index (χ2v) is 10.2. The third-order valence-corrected chi connectivity index (χ3v) is 5.98. The Balaban J connectivity index is 0.00000466. The van der Waals surface area contributed by atoms with E-state index in [9.17, 15) is 0 Å². The first-order valence-corrected chi connectivity index (χ1v) is 11.8. The van der Waals surface area contributed by atoms with Gasteiger partial charge in [-0.2, -0.15) is 0 Å². The van der Waals surface area contributed by atoms with E-state index in [2.05, 4.69) is 116 Å². The Morgan fingerprint density at radius 3 is 1.09 bits per heavy atom. The molecule has 0 bridgehead atoms.